The first kappa shape index (κ1) is 72.8. The van der Waals surface area contributed by atoms with Crippen molar-refractivity contribution in [2.24, 2.45) is 0 Å². The zero-order chi connectivity index (χ0) is 54.8. The van der Waals surface area contributed by atoms with Crippen LogP contribution < -0.4 is 0 Å². The average Bonchev–Trinajstić information content (AvgIpc) is 3.42. The van der Waals surface area contributed by atoms with Crippen LogP contribution in [0, 0.1) is 0 Å². The number of hydrogen-bond donors (Lipinski definition) is 1. The predicted octanol–water partition coefficient (Wildman–Crippen LogP) is 22.6. The van der Waals surface area contributed by atoms with E-state index >= 15 is 0 Å². The minimum Gasteiger partial charge on any atom is -0.462 e. The van der Waals surface area contributed by atoms with Gasteiger partial charge in [0, 0.05) is 12.8 Å². The lowest BCUT2D eigenvalue weighted by molar-refractivity contribution is -0.161. The molecule has 0 heterocycles. The summed E-state index contributed by atoms with van der Waals surface area (Å²) in [5.41, 5.74) is 0. The molecule has 0 aliphatic carbocycles. The van der Waals surface area contributed by atoms with Crippen molar-refractivity contribution in [2.45, 2.75) is 328 Å². The highest BCUT2D eigenvalue weighted by Crippen LogP contribution is 2.18. The van der Waals surface area contributed by atoms with Gasteiger partial charge in [-0.25, -0.2) is 0 Å². The number of esters is 2. The van der Waals surface area contributed by atoms with Crippen LogP contribution in [0.2, 0.25) is 0 Å². The first-order valence-corrected chi connectivity index (χ1v) is 32.8. The Hall–Kier alpha value is -3.18. The van der Waals surface area contributed by atoms with Crippen LogP contribution in [-0.4, -0.2) is 36.4 Å². The molecule has 0 rings (SSSR count). The summed E-state index contributed by atoms with van der Waals surface area (Å²) in [6, 6.07) is 0. The molecule has 438 valence electrons. The molecule has 0 bridgehead atoms. The number of allylic oxidation sites excluding steroid dienone is 16. The second kappa shape index (κ2) is 66.1. The molecule has 0 aromatic heterocycles. The number of hydrogen-bond acceptors (Lipinski definition) is 5. The van der Waals surface area contributed by atoms with Gasteiger partial charge in [-0.1, -0.05) is 329 Å². The molecule has 0 amide bonds. The van der Waals surface area contributed by atoms with Gasteiger partial charge in [-0.15, -0.1) is 0 Å². The van der Waals surface area contributed by atoms with Crippen LogP contribution in [0.15, 0.2) is 97.2 Å². The van der Waals surface area contributed by atoms with Crippen molar-refractivity contribution in [3.8, 4) is 0 Å². The predicted molar refractivity (Wildman–Crippen MR) is 334 cm³/mol. The summed E-state index contributed by atoms with van der Waals surface area (Å²) >= 11 is 0. The van der Waals surface area contributed by atoms with Crippen molar-refractivity contribution < 1.29 is 24.2 Å². The smallest absolute Gasteiger partial charge is 0.306 e. The van der Waals surface area contributed by atoms with Crippen molar-refractivity contribution in [1.29, 1.82) is 0 Å². The summed E-state index contributed by atoms with van der Waals surface area (Å²) in [5, 5.41) is 9.68. The second-order valence-corrected chi connectivity index (χ2v) is 21.8. The van der Waals surface area contributed by atoms with Gasteiger partial charge in [0.25, 0.3) is 0 Å². The summed E-state index contributed by atoms with van der Waals surface area (Å²) in [6.07, 6.45) is 94.2. The van der Waals surface area contributed by atoms with E-state index in [1.54, 1.807) is 0 Å². The van der Waals surface area contributed by atoms with Crippen molar-refractivity contribution in [3.05, 3.63) is 97.2 Å². The maximum Gasteiger partial charge on any atom is 0.306 e. The van der Waals surface area contributed by atoms with Crippen molar-refractivity contribution in [2.75, 3.05) is 13.2 Å². The van der Waals surface area contributed by atoms with E-state index in [0.717, 1.165) is 103 Å². The number of carbonyl (C=O) groups is 2. The van der Waals surface area contributed by atoms with E-state index in [4.69, 9.17) is 9.47 Å². The maximum atomic E-state index is 12.3. The van der Waals surface area contributed by atoms with E-state index in [1.807, 2.05) is 0 Å². The van der Waals surface area contributed by atoms with E-state index < -0.39 is 6.10 Å². The summed E-state index contributed by atoms with van der Waals surface area (Å²) in [7, 11) is 0. The van der Waals surface area contributed by atoms with Gasteiger partial charge in [0.1, 0.15) is 6.61 Å². The molecule has 0 aromatic rings. The van der Waals surface area contributed by atoms with Crippen LogP contribution in [0.25, 0.3) is 0 Å². The monoisotopic (exact) mass is 1060 g/mol. The zero-order valence-corrected chi connectivity index (χ0v) is 50.3. The summed E-state index contributed by atoms with van der Waals surface area (Å²) in [5.74, 6) is -0.613. The molecular formula is C71H124O5. The van der Waals surface area contributed by atoms with Gasteiger partial charge < -0.3 is 14.6 Å². The Morgan fingerprint density at radius 3 is 0.855 bits per heavy atom. The molecule has 0 saturated heterocycles. The molecule has 0 spiro atoms. The van der Waals surface area contributed by atoms with Crippen LogP contribution in [-0.2, 0) is 19.1 Å². The number of carbonyl (C=O) groups excluding carboxylic acids is 2. The highest BCUT2D eigenvalue weighted by molar-refractivity contribution is 5.70. The lowest BCUT2D eigenvalue weighted by atomic mass is 10.0. The molecule has 5 nitrogen and oxygen atoms in total. The first-order chi connectivity index (χ1) is 37.6. The molecule has 0 aromatic carbocycles. The van der Waals surface area contributed by atoms with Gasteiger partial charge in [-0.05, 0) is 77.0 Å². The summed E-state index contributed by atoms with van der Waals surface area (Å²) in [6.45, 7) is 4.04. The molecule has 0 fully saturated rings. The third-order valence-corrected chi connectivity index (χ3v) is 14.4. The lowest BCUT2D eigenvalue weighted by Gasteiger charge is -2.15. The zero-order valence-electron chi connectivity index (χ0n) is 50.3. The maximum absolute atomic E-state index is 12.3. The normalized spacial score (nSPS) is 12.8. The highest BCUT2D eigenvalue weighted by atomic mass is 16.6. The van der Waals surface area contributed by atoms with Crippen molar-refractivity contribution >= 4 is 11.9 Å². The minimum atomic E-state index is -0.792. The van der Waals surface area contributed by atoms with E-state index in [0.29, 0.717) is 12.8 Å². The first-order valence-electron chi connectivity index (χ1n) is 32.8. The van der Waals surface area contributed by atoms with Gasteiger partial charge in [0.05, 0.1) is 6.61 Å². The Kier molecular flexibility index (Phi) is 63.3. The topological polar surface area (TPSA) is 72.8 Å². The van der Waals surface area contributed by atoms with E-state index in [1.165, 1.54) is 193 Å². The molecule has 0 aliphatic rings. The van der Waals surface area contributed by atoms with Crippen LogP contribution in [0.4, 0.5) is 0 Å². The number of rotatable bonds is 60. The standard InChI is InChI=1S/C71H124O5/c1-3-5-7-9-11-13-15-17-19-21-23-25-27-29-31-33-34-35-36-38-39-41-43-45-47-49-51-53-55-57-59-61-63-65-70(73)75-68-69(67-72)76-71(74)66-64-62-60-58-56-54-52-50-48-46-44-42-40-37-32-30-28-26-24-22-20-18-16-14-12-10-8-6-4-2/h6,8,12,14,18,20,24,26,30,32,40,42,46,48,52,54,69,72H,3-5,7,9-11,13,15-17,19,21-23,25,27-29,31,33-39,41,43-45,47,49-51,53,55-68H2,1-2H3/b8-6-,14-12-,20-18-,26-24-,32-30-,42-40-,48-46-,54-52-. The van der Waals surface area contributed by atoms with Gasteiger partial charge >= 0.3 is 11.9 Å². The van der Waals surface area contributed by atoms with Gasteiger partial charge in [-0.2, -0.15) is 0 Å². The van der Waals surface area contributed by atoms with Crippen LogP contribution in [0.1, 0.15) is 322 Å². The Bertz CT molecular complexity index is 1430. The molecule has 0 saturated carbocycles. The molecular weight excluding hydrogens is 933 g/mol. The lowest BCUT2D eigenvalue weighted by Crippen LogP contribution is -2.28. The average molecular weight is 1060 g/mol. The summed E-state index contributed by atoms with van der Waals surface area (Å²) in [4.78, 5) is 24.6. The Morgan fingerprint density at radius 2 is 0.566 bits per heavy atom. The Balaban J connectivity index is 3.50. The quantitative estimate of drug-likeness (QED) is 0.0373. The summed E-state index contributed by atoms with van der Waals surface area (Å²) < 4.78 is 10.7. The number of ether oxygens (including phenoxy) is 2. The second-order valence-electron chi connectivity index (χ2n) is 21.8. The van der Waals surface area contributed by atoms with Crippen LogP contribution in [0.5, 0.6) is 0 Å². The fraction of sp³-hybridized carbons (Fsp3) is 0.746. The fourth-order valence-electron chi connectivity index (χ4n) is 9.52. The largest absolute Gasteiger partial charge is 0.462 e. The van der Waals surface area contributed by atoms with Gasteiger partial charge in [0.15, 0.2) is 6.10 Å². The third kappa shape index (κ3) is 63.4. The Labute approximate surface area is 472 Å². The minimum absolute atomic E-state index is 0.0786. The molecule has 76 heavy (non-hydrogen) atoms. The SMILES string of the molecule is CC/C=C\C/C=C\C/C=C\C/C=C\C/C=C\C/C=C\C/C=C\C/C=C\CCCCCCC(=O)OC(CO)COC(=O)CCCCCCCCCCCCCCCCCCCCCCCCCCCCCCCCCCC. The number of aliphatic hydroxyl groups is 1. The van der Waals surface area contributed by atoms with Crippen LogP contribution >= 0.6 is 0 Å². The van der Waals surface area contributed by atoms with Gasteiger partial charge in [-0.3, -0.25) is 9.59 Å². The van der Waals surface area contributed by atoms with E-state index in [9.17, 15) is 14.7 Å². The highest BCUT2D eigenvalue weighted by Gasteiger charge is 2.16. The van der Waals surface area contributed by atoms with E-state index in [-0.39, 0.29) is 25.2 Å². The number of aliphatic hydroxyl groups excluding tert-OH is 1. The third-order valence-electron chi connectivity index (χ3n) is 14.4. The Morgan fingerprint density at radius 1 is 0.316 bits per heavy atom. The molecule has 1 atom stereocenters. The fourth-order valence-corrected chi connectivity index (χ4v) is 9.52. The molecule has 0 radical (unpaired) electrons. The molecule has 0 aliphatic heterocycles. The van der Waals surface area contributed by atoms with Crippen molar-refractivity contribution in [1.82, 2.24) is 0 Å². The van der Waals surface area contributed by atoms with Crippen molar-refractivity contribution in [3.63, 3.8) is 0 Å². The molecule has 5 heteroatoms. The molecule has 1 unspecified atom stereocenters. The number of unbranched alkanes of at least 4 members (excludes halogenated alkanes) is 36. The molecule has 1 N–H and O–H groups in total. The van der Waals surface area contributed by atoms with Crippen LogP contribution in [0.3, 0.4) is 0 Å². The van der Waals surface area contributed by atoms with Gasteiger partial charge in [0.2, 0.25) is 0 Å². The van der Waals surface area contributed by atoms with E-state index in [2.05, 4.69) is 111 Å².